The molecule has 170 valence electrons. The lowest BCUT2D eigenvalue weighted by Gasteiger charge is -2.11. The van der Waals surface area contributed by atoms with E-state index in [0.29, 0.717) is 0 Å². The molecule has 2 atom stereocenters. The van der Waals surface area contributed by atoms with Crippen molar-refractivity contribution in [2.45, 2.75) is 129 Å². The van der Waals surface area contributed by atoms with Gasteiger partial charge in [-0.2, -0.15) is 0 Å². The fourth-order valence-electron chi connectivity index (χ4n) is 3.59. The van der Waals surface area contributed by atoms with Gasteiger partial charge in [0.05, 0.1) is 12.2 Å². The van der Waals surface area contributed by atoms with Gasteiger partial charge in [-0.05, 0) is 51.6 Å². The summed E-state index contributed by atoms with van der Waals surface area (Å²) in [4.78, 5) is 0. The molecule has 0 heterocycles. The van der Waals surface area contributed by atoms with Crippen molar-refractivity contribution in [1.29, 1.82) is 0 Å². The molecule has 0 aliphatic carbocycles. The summed E-state index contributed by atoms with van der Waals surface area (Å²) in [5, 5.41) is 26.8. The van der Waals surface area contributed by atoms with E-state index in [1.807, 2.05) is 0 Å². The number of hydrogen-bond donors (Lipinski definition) is 4. The van der Waals surface area contributed by atoms with Gasteiger partial charge in [0, 0.05) is 13.1 Å². The molecule has 4 nitrogen and oxygen atoms in total. The van der Waals surface area contributed by atoms with Crippen molar-refractivity contribution in [1.82, 2.24) is 10.6 Å². The van der Waals surface area contributed by atoms with Crippen LogP contribution >= 0.6 is 0 Å². The average Bonchev–Trinajstić information content (AvgIpc) is 2.68. The lowest BCUT2D eigenvalue weighted by Crippen LogP contribution is -2.28. The van der Waals surface area contributed by atoms with Gasteiger partial charge in [-0.15, -0.1) is 0 Å². The molecule has 0 aliphatic rings. The van der Waals surface area contributed by atoms with Crippen LogP contribution in [-0.2, 0) is 0 Å². The maximum atomic E-state index is 9.89. The molecule has 2 unspecified atom stereocenters. The summed E-state index contributed by atoms with van der Waals surface area (Å²) in [5.41, 5.74) is 0. The number of rotatable bonds is 23. The quantitative estimate of drug-likeness (QED) is 0.179. The van der Waals surface area contributed by atoms with Gasteiger partial charge in [-0.25, -0.2) is 0 Å². The van der Waals surface area contributed by atoms with Crippen LogP contribution in [0.25, 0.3) is 0 Å². The van der Waals surface area contributed by atoms with Gasteiger partial charge in [0.15, 0.2) is 0 Å². The molecule has 4 N–H and O–H groups in total. The van der Waals surface area contributed by atoms with E-state index in [1.165, 1.54) is 64.2 Å². The van der Waals surface area contributed by atoms with Crippen LogP contribution < -0.4 is 10.6 Å². The lowest BCUT2D eigenvalue weighted by atomic mass is 10.0. The third kappa shape index (κ3) is 22.1. The number of nitrogens with one attached hydrogen (secondary N) is 2. The molecular weight excluding hydrogens is 348 g/mol. The number of aliphatic hydroxyl groups excluding tert-OH is 2. The van der Waals surface area contributed by atoms with Gasteiger partial charge >= 0.3 is 0 Å². The number of unbranched alkanes of at least 4 members (excludes halogenated alkanes) is 8. The van der Waals surface area contributed by atoms with E-state index in [0.717, 1.165) is 64.7 Å². The molecule has 0 fully saturated rings. The summed E-state index contributed by atoms with van der Waals surface area (Å²) in [7, 11) is 0. The minimum absolute atomic E-state index is 0.0759. The summed E-state index contributed by atoms with van der Waals surface area (Å²) in [6.45, 7) is 8.66. The minimum atomic E-state index is -0.0759. The van der Waals surface area contributed by atoms with Gasteiger partial charge in [0.1, 0.15) is 0 Å². The third-order valence-electron chi connectivity index (χ3n) is 5.54. The molecule has 0 aliphatic heterocycles. The van der Waals surface area contributed by atoms with Gasteiger partial charge < -0.3 is 20.8 Å². The highest BCUT2D eigenvalue weighted by Gasteiger charge is 2.04. The van der Waals surface area contributed by atoms with Crippen LogP contribution in [0.1, 0.15) is 117 Å². The van der Waals surface area contributed by atoms with E-state index >= 15 is 0 Å². The average molecular weight is 401 g/mol. The fourth-order valence-corrected chi connectivity index (χ4v) is 3.59. The van der Waals surface area contributed by atoms with Crippen LogP contribution in [0, 0.1) is 0 Å². The SMILES string of the molecule is CCCCCC(O)CCCCCNCCNCCCCCC(O)CCCCC. The topological polar surface area (TPSA) is 64.5 Å². The zero-order valence-corrected chi connectivity index (χ0v) is 19.2. The monoisotopic (exact) mass is 400 g/mol. The third-order valence-corrected chi connectivity index (χ3v) is 5.54. The second-order valence-electron chi connectivity index (χ2n) is 8.50. The van der Waals surface area contributed by atoms with Gasteiger partial charge in [0.2, 0.25) is 0 Å². The molecule has 0 amide bonds. The molecule has 0 saturated carbocycles. The molecule has 28 heavy (non-hydrogen) atoms. The van der Waals surface area contributed by atoms with Crippen molar-refractivity contribution in [3.8, 4) is 0 Å². The smallest absolute Gasteiger partial charge is 0.0540 e. The molecule has 0 bridgehead atoms. The van der Waals surface area contributed by atoms with Crippen LogP contribution in [0.4, 0.5) is 0 Å². The predicted octanol–water partition coefficient (Wildman–Crippen LogP) is 5.17. The Morgan fingerprint density at radius 3 is 1.18 bits per heavy atom. The summed E-state index contributed by atoms with van der Waals surface area (Å²) in [6.07, 6.45) is 18.2. The Morgan fingerprint density at radius 2 is 0.821 bits per heavy atom. The van der Waals surface area contributed by atoms with Crippen LogP contribution in [-0.4, -0.2) is 48.6 Å². The van der Waals surface area contributed by atoms with Gasteiger partial charge in [-0.1, -0.05) is 78.1 Å². The Kier molecular flexibility index (Phi) is 23.0. The van der Waals surface area contributed by atoms with Crippen molar-refractivity contribution in [2.75, 3.05) is 26.2 Å². The molecule has 4 heteroatoms. The molecular formula is C24H52N2O2. The zero-order chi connectivity index (χ0) is 20.7. The zero-order valence-electron chi connectivity index (χ0n) is 19.2. The number of hydrogen-bond acceptors (Lipinski definition) is 4. The molecule has 0 aromatic rings. The molecule has 0 aromatic carbocycles. The van der Waals surface area contributed by atoms with E-state index in [9.17, 15) is 10.2 Å². The molecule has 0 saturated heterocycles. The minimum Gasteiger partial charge on any atom is -0.393 e. The van der Waals surface area contributed by atoms with Crippen molar-refractivity contribution in [2.24, 2.45) is 0 Å². The van der Waals surface area contributed by atoms with Crippen LogP contribution in [0.2, 0.25) is 0 Å². The lowest BCUT2D eigenvalue weighted by molar-refractivity contribution is 0.147. The first-order valence-electron chi connectivity index (χ1n) is 12.5. The predicted molar refractivity (Wildman–Crippen MR) is 123 cm³/mol. The highest BCUT2D eigenvalue weighted by Crippen LogP contribution is 2.11. The maximum absolute atomic E-state index is 9.89. The van der Waals surface area contributed by atoms with E-state index in [2.05, 4.69) is 24.5 Å². The Balaban J connectivity index is 3.14. The molecule has 0 spiro atoms. The van der Waals surface area contributed by atoms with E-state index in [4.69, 9.17) is 0 Å². The fraction of sp³-hybridized carbons (Fsp3) is 1.00. The van der Waals surface area contributed by atoms with E-state index in [-0.39, 0.29) is 12.2 Å². The van der Waals surface area contributed by atoms with Gasteiger partial charge in [0.25, 0.3) is 0 Å². The van der Waals surface area contributed by atoms with Crippen LogP contribution in [0.5, 0.6) is 0 Å². The molecule has 0 aromatic heterocycles. The van der Waals surface area contributed by atoms with Crippen LogP contribution in [0.3, 0.4) is 0 Å². The maximum Gasteiger partial charge on any atom is 0.0540 e. The highest BCUT2D eigenvalue weighted by atomic mass is 16.3. The molecule has 0 rings (SSSR count). The summed E-state index contributed by atoms with van der Waals surface area (Å²) < 4.78 is 0. The Bertz CT molecular complexity index is 262. The number of aliphatic hydroxyl groups is 2. The first-order chi connectivity index (χ1) is 13.7. The van der Waals surface area contributed by atoms with Crippen molar-refractivity contribution in [3.05, 3.63) is 0 Å². The van der Waals surface area contributed by atoms with Crippen molar-refractivity contribution >= 4 is 0 Å². The second-order valence-corrected chi connectivity index (χ2v) is 8.50. The Morgan fingerprint density at radius 1 is 0.464 bits per heavy atom. The first-order valence-corrected chi connectivity index (χ1v) is 12.5. The second kappa shape index (κ2) is 23.1. The van der Waals surface area contributed by atoms with Crippen LogP contribution in [0.15, 0.2) is 0 Å². The molecule has 0 radical (unpaired) electrons. The standard InChI is InChI=1S/C24H52N2O2/c1-3-5-9-15-23(27)17-11-7-13-19-25-21-22-26-20-14-8-12-18-24(28)16-10-6-4-2/h23-28H,3-22H2,1-2H3. The Hall–Kier alpha value is -0.160. The highest BCUT2D eigenvalue weighted by molar-refractivity contribution is 4.59. The summed E-state index contributed by atoms with van der Waals surface area (Å²) >= 11 is 0. The summed E-state index contributed by atoms with van der Waals surface area (Å²) in [5.74, 6) is 0. The van der Waals surface area contributed by atoms with Crippen molar-refractivity contribution in [3.63, 3.8) is 0 Å². The van der Waals surface area contributed by atoms with Gasteiger partial charge in [-0.3, -0.25) is 0 Å². The van der Waals surface area contributed by atoms with E-state index < -0.39 is 0 Å². The Labute approximate surface area is 176 Å². The summed E-state index contributed by atoms with van der Waals surface area (Å²) in [6, 6.07) is 0. The first kappa shape index (κ1) is 27.8. The normalized spacial score (nSPS) is 13.7. The van der Waals surface area contributed by atoms with E-state index in [1.54, 1.807) is 0 Å². The largest absolute Gasteiger partial charge is 0.393 e. The van der Waals surface area contributed by atoms with Crippen molar-refractivity contribution < 1.29 is 10.2 Å².